The van der Waals surface area contributed by atoms with E-state index in [1.807, 2.05) is 0 Å². The first kappa shape index (κ1) is 26.8. The van der Waals surface area contributed by atoms with E-state index in [0.717, 1.165) is 24.3 Å². The van der Waals surface area contributed by atoms with Crippen molar-refractivity contribution in [2.45, 2.75) is 66.8 Å². The van der Waals surface area contributed by atoms with Gasteiger partial charge in [-0.2, -0.15) is 0 Å². The Balaban J connectivity index is 2.63. The molecule has 0 saturated heterocycles. The number of amides is 1. The summed E-state index contributed by atoms with van der Waals surface area (Å²) >= 11 is 0. The Morgan fingerprint density at radius 2 is 1.27 bits per heavy atom. The van der Waals surface area contributed by atoms with Crippen molar-refractivity contribution in [2.75, 3.05) is 0 Å². The maximum absolute atomic E-state index is 16.7. The number of ether oxygens (including phenoxy) is 1. The molecule has 0 fully saturated rings. The quantitative estimate of drug-likeness (QED) is 0.573. The standard InChI is InChI=1S/C23H30FNO6S2/c1-17(2)20(25-21(26)31-22(3,4)5)16-23(24,32(27,28)18-12-8-6-9-13-18)33(29,30)19-14-10-7-11-15-19/h6-15,17,20H,16H2,1-5H3,(H,25,26). The molecule has 7 nitrogen and oxygen atoms in total. The highest BCUT2D eigenvalue weighted by molar-refractivity contribution is 8.10. The van der Waals surface area contributed by atoms with Gasteiger partial charge in [-0.05, 0) is 51.0 Å². The molecule has 1 unspecified atom stereocenters. The van der Waals surface area contributed by atoms with Crippen LogP contribution in [0.1, 0.15) is 41.0 Å². The topological polar surface area (TPSA) is 107 Å². The number of nitrogens with one attached hydrogen (secondary N) is 1. The molecule has 0 aliphatic rings. The van der Waals surface area contributed by atoms with E-state index < -0.39 is 63.9 Å². The van der Waals surface area contributed by atoms with E-state index in [9.17, 15) is 21.6 Å². The molecular weight excluding hydrogens is 469 g/mol. The smallest absolute Gasteiger partial charge is 0.407 e. The molecule has 0 saturated carbocycles. The Kier molecular flexibility index (Phi) is 7.96. The van der Waals surface area contributed by atoms with E-state index in [1.54, 1.807) is 34.6 Å². The van der Waals surface area contributed by atoms with Crippen LogP contribution in [0.2, 0.25) is 0 Å². The Labute approximate surface area is 195 Å². The summed E-state index contributed by atoms with van der Waals surface area (Å²) in [6, 6.07) is 11.9. The predicted octanol–water partition coefficient (Wildman–Crippen LogP) is 4.50. The zero-order valence-corrected chi connectivity index (χ0v) is 20.9. The minimum absolute atomic E-state index is 0.480. The van der Waals surface area contributed by atoms with Gasteiger partial charge in [-0.1, -0.05) is 50.2 Å². The van der Waals surface area contributed by atoms with Crippen molar-refractivity contribution < 1.29 is 30.8 Å². The summed E-state index contributed by atoms with van der Waals surface area (Å²) in [4.78, 5) is 11.4. The van der Waals surface area contributed by atoms with E-state index in [2.05, 4.69) is 5.32 Å². The molecule has 1 N–H and O–H groups in total. The molecule has 0 aliphatic carbocycles. The number of alkyl carbamates (subject to hydrolysis) is 1. The highest BCUT2D eigenvalue weighted by atomic mass is 32.3. The second kappa shape index (κ2) is 9.80. The third-order valence-electron chi connectivity index (χ3n) is 4.88. The third-order valence-corrected chi connectivity index (χ3v) is 9.92. The number of carbonyl (C=O) groups excluding carboxylic acids is 1. The number of alkyl halides is 1. The summed E-state index contributed by atoms with van der Waals surface area (Å²) in [6.07, 6.45) is -1.93. The fourth-order valence-electron chi connectivity index (χ4n) is 3.09. The van der Waals surface area contributed by atoms with Crippen molar-refractivity contribution >= 4 is 25.8 Å². The lowest BCUT2D eigenvalue weighted by Crippen LogP contribution is -2.51. The molecule has 0 bridgehead atoms. The van der Waals surface area contributed by atoms with Crippen LogP contribution < -0.4 is 5.32 Å². The van der Waals surface area contributed by atoms with E-state index >= 15 is 4.39 Å². The lowest BCUT2D eigenvalue weighted by Gasteiger charge is -2.32. The second-order valence-corrected chi connectivity index (χ2v) is 13.5. The summed E-state index contributed by atoms with van der Waals surface area (Å²) < 4.78 is 72.0. The molecule has 182 valence electrons. The number of sulfone groups is 2. The van der Waals surface area contributed by atoms with Crippen molar-refractivity contribution in [1.29, 1.82) is 0 Å². The fraction of sp³-hybridized carbons (Fsp3) is 0.435. The maximum Gasteiger partial charge on any atom is 0.407 e. The number of carbonyl (C=O) groups is 1. The van der Waals surface area contributed by atoms with Gasteiger partial charge in [0.2, 0.25) is 19.7 Å². The van der Waals surface area contributed by atoms with Crippen LogP contribution in [0.4, 0.5) is 9.18 Å². The first-order valence-corrected chi connectivity index (χ1v) is 13.4. The van der Waals surface area contributed by atoms with Gasteiger partial charge in [0.1, 0.15) is 5.60 Å². The van der Waals surface area contributed by atoms with Gasteiger partial charge in [0.05, 0.1) is 9.79 Å². The van der Waals surface area contributed by atoms with Crippen LogP contribution in [-0.4, -0.2) is 38.9 Å². The predicted molar refractivity (Wildman–Crippen MR) is 124 cm³/mol. The van der Waals surface area contributed by atoms with Gasteiger partial charge < -0.3 is 10.1 Å². The lowest BCUT2D eigenvalue weighted by molar-refractivity contribution is 0.0479. The third kappa shape index (κ3) is 5.92. The number of rotatable bonds is 8. The molecule has 10 heteroatoms. The summed E-state index contributed by atoms with van der Waals surface area (Å²) in [5.41, 5.74) is -0.857. The highest BCUT2D eigenvalue weighted by Gasteiger charge is 2.58. The number of hydrogen-bond donors (Lipinski definition) is 1. The van der Waals surface area contributed by atoms with Crippen LogP contribution in [0.25, 0.3) is 0 Å². The molecule has 2 rings (SSSR count). The highest BCUT2D eigenvalue weighted by Crippen LogP contribution is 2.41. The van der Waals surface area contributed by atoms with Crippen LogP contribution in [0.15, 0.2) is 70.5 Å². The van der Waals surface area contributed by atoms with Crippen LogP contribution in [0.3, 0.4) is 0 Å². The van der Waals surface area contributed by atoms with Gasteiger partial charge >= 0.3 is 10.4 Å². The Hall–Kier alpha value is -2.46. The Bertz CT molecular complexity index is 1090. The first-order valence-electron chi connectivity index (χ1n) is 10.4. The van der Waals surface area contributed by atoms with Gasteiger partial charge in [0.15, 0.2) is 0 Å². The van der Waals surface area contributed by atoms with Gasteiger partial charge in [-0.3, -0.25) is 0 Å². The molecule has 2 aromatic rings. The Morgan fingerprint density at radius 1 is 0.879 bits per heavy atom. The summed E-state index contributed by atoms with van der Waals surface area (Å²) in [7, 11) is -10.1. The molecule has 0 radical (unpaired) electrons. The van der Waals surface area contributed by atoms with E-state index in [1.165, 1.54) is 36.4 Å². The van der Waals surface area contributed by atoms with Gasteiger partial charge in [-0.25, -0.2) is 26.0 Å². The average molecular weight is 500 g/mol. The molecule has 1 amide bonds. The van der Waals surface area contributed by atoms with E-state index in [-0.39, 0.29) is 0 Å². The van der Waals surface area contributed by atoms with Crippen molar-refractivity contribution in [2.24, 2.45) is 5.92 Å². The second-order valence-electron chi connectivity index (χ2n) is 8.99. The van der Waals surface area contributed by atoms with Crippen LogP contribution >= 0.6 is 0 Å². The Morgan fingerprint density at radius 3 is 1.61 bits per heavy atom. The molecule has 2 aromatic carbocycles. The summed E-state index contributed by atoms with van der Waals surface area (Å²) in [5, 5.41) is 2.45. The minimum atomic E-state index is -5.05. The molecule has 33 heavy (non-hydrogen) atoms. The molecular formula is C23H30FNO6S2. The fourth-order valence-corrected chi connectivity index (χ4v) is 7.36. The SMILES string of the molecule is CC(C)C(CC(F)(S(=O)(=O)c1ccccc1)S(=O)(=O)c1ccccc1)NC(=O)OC(C)(C)C. The normalized spacial score (nSPS) is 14.0. The largest absolute Gasteiger partial charge is 0.444 e. The first-order chi connectivity index (χ1) is 15.1. The molecule has 0 aliphatic heterocycles. The van der Waals surface area contributed by atoms with E-state index in [4.69, 9.17) is 4.74 Å². The zero-order chi connectivity index (χ0) is 25.1. The zero-order valence-electron chi connectivity index (χ0n) is 19.3. The summed E-state index contributed by atoms with van der Waals surface area (Å²) in [5.74, 6) is -0.510. The van der Waals surface area contributed by atoms with Crippen molar-refractivity contribution in [3.05, 3.63) is 60.7 Å². The van der Waals surface area contributed by atoms with Gasteiger partial charge in [-0.15, -0.1) is 0 Å². The van der Waals surface area contributed by atoms with Gasteiger partial charge in [0, 0.05) is 12.5 Å². The number of benzene rings is 2. The van der Waals surface area contributed by atoms with Crippen molar-refractivity contribution in [1.82, 2.24) is 5.32 Å². The molecule has 0 spiro atoms. The van der Waals surface area contributed by atoms with Crippen LogP contribution in [0.5, 0.6) is 0 Å². The molecule has 0 aromatic heterocycles. The lowest BCUT2D eigenvalue weighted by atomic mass is 10.0. The molecule has 0 heterocycles. The van der Waals surface area contributed by atoms with Gasteiger partial charge in [0.25, 0.3) is 0 Å². The van der Waals surface area contributed by atoms with Crippen molar-refractivity contribution in [3.63, 3.8) is 0 Å². The van der Waals surface area contributed by atoms with Crippen LogP contribution in [0, 0.1) is 5.92 Å². The minimum Gasteiger partial charge on any atom is -0.444 e. The monoisotopic (exact) mass is 499 g/mol. The van der Waals surface area contributed by atoms with E-state index in [0.29, 0.717) is 0 Å². The average Bonchev–Trinajstić information content (AvgIpc) is 2.72. The summed E-state index contributed by atoms with van der Waals surface area (Å²) in [6.45, 7) is 8.14. The number of hydrogen-bond acceptors (Lipinski definition) is 6. The molecule has 1 atom stereocenters. The maximum atomic E-state index is 16.7. The van der Waals surface area contributed by atoms with Crippen molar-refractivity contribution in [3.8, 4) is 0 Å². The number of halogens is 1. The van der Waals surface area contributed by atoms with Crippen LogP contribution in [-0.2, 0) is 24.4 Å².